The SMILES string of the molecule is CC(O)C(C)n1cc(Br)ccc1=O. The number of aliphatic hydroxyl groups is 1. The van der Waals surface area contributed by atoms with Gasteiger partial charge >= 0.3 is 0 Å². The molecule has 0 saturated carbocycles. The lowest BCUT2D eigenvalue weighted by Crippen LogP contribution is -2.28. The summed E-state index contributed by atoms with van der Waals surface area (Å²) in [5.74, 6) is 0. The van der Waals surface area contributed by atoms with Crippen LogP contribution in [0.15, 0.2) is 27.6 Å². The molecule has 3 nitrogen and oxygen atoms in total. The Morgan fingerprint density at radius 3 is 2.62 bits per heavy atom. The van der Waals surface area contributed by atoms with Crippen LogP contribution in [0.1, 0.15) is 19.9 Å². The molecule has 0 aliphatic carbocycles. The van der Waals surface area contributed by atoms with E-state index in [1.165, 1.54) is 10.6 Å². The molecule has 0 amide bonds. The minimum Gasteiger partial charge on any atom is -0.391 e. The van der Waals surface area contributed by atoms with Crippen molar-refractivity contribution in [1.29, 1.82) is 0 Å². The Labute approximate surface area is 85.1 Å². The number of aliphatic hydroxyl groups excluding tert-OH is 1. The van der Waals surface area contributed by atoms with Crippen LogP contribution in [0.2, 0.25) is 0 Å². The predicted molar refractivity (Wildman–Crippen MR) is 54.8 cm³/mol. The van der Waals surface area contributed by atoms with E-state index in [-0.39, 0.29) is 11.6 Å². The smallest absolute Gasteiger partial charge is 0.250 e. The average Bonchev–Trinajstić information content (AvgIpc) is 2.08. The highest BCUT2D eigenvalue weighted by Crippen LogP contribution is 2.12. The van der Waals surface area contributed by atoms with Gasteiger partial charge in [-0.25, -0.2) is 0 Å². The first-order chi connectivity index (χ1) is 6.02. The van der Waals surface area contributed by atoms with Crippen molar-refractivity contribution in [1.82, 2.24) is 4.57 Å². The minimum atomic E-state index is -0.535. The fraction of sp³-hybridized carbons (Fsp3) is 0.444. The zero-order chi connectivity index (χ0) is 10.0. The maximum absolute atomic E-state index is 11.3. The minimum absolute atomic E-state index is 0.100. The lowest BCUT2D eigenvalue weighted by molar-refractivity contribution is 0.137. The Balaban J connectivity index is 3.13. The van der Waals surface area contributed by atoms with E-state index in [2.05, 4.69) is 15.9 Å². The molecule has 1 heterocycles. The molecule has 2 unspecified atom stereocenters. The van der Waals surface area contributed by atoms with Crippen LogP contribution in [0.3, 0.4) is 0 Å². The maximum atomic E-state index is 11.3. The first-order valence-electron chi connectivity index (χ1n) is 4.08. The van der Waals surface area contributed by atoms with Gasteiger partial charge in [0.2, 0.25) is 0 Å². The largest absolute Gasteiger partial charge is 0.391 e. The molecule has 1 rings (SSSR count). The number of pyridine rings is 1. The third kappa shape index (κ3) is 2.42. The predicted octanol–water partition coefficient (Wildman–Crippen LogP) is 1.55. The third-order valence-corrected chi connectivity index (χ3v) is 2.51. The van der Waals surface area contributed by atoms with Crippen LogP contribution < -0.4 is 5.56 Å². The molecule has 0 bridgehead atoms. The van der Waals surface area contributed by atoms with Crippen molar-refractivity contribution in [3.05, 3.63) is 33.2 Å². The van der Waals surface area contributed by atoms with Crippen molar-refractivity contribution in [3.63, 3.8) is 0 Å². The molecule has 0 aromatic carbocycles. The van der Waals surface area contributed by atoms with Gasteiger partial charge in [0.05, 0.1) is 12.1 Å². The van der Waals surface area contributed by atoms with Crippen molar-refractivity contribution in [2.24, 2.45) is 0 Å². The molecule has 2 atom stereocenters. The second-order valence-corrected chi connectivity index (χ2v) is 3.99. The van der Waals surface area contributed by atoms with Gasteiger partial charge in [-0.15, -0.1) is 0 Å². The molecule has 1 N–H and O–H groups in total. The van der Waals surface area contributed by atoms with E-state index in [9.17, 15) is 9.90 Å². The number of rotatable bonds is 2. The lowest BCUT2D eigenvalue weighted by Gasteiger charge is -2.17. The number of halogens is 1. The van der Waals surface area contributed by atoms with E-state index < -0.39 is 6.10 Å². The van der Waals surface area contributed by atoms with Gasteiger partial charge in [-0.1, -0.05) is 0 Å². The van der Waals surface area contributed by atoms with Gasteiger partial charge in [-0.3, -0.25) is 4.79 Å². The second-order valence-electron chi connectivity index (χ2n) is 3.07. The molecule has 4 heteroatoms. The van der Waals surface area contributed by atoms with E-state index in [1.54, 1.807) is 26.1 Å². The van der Waals surface area contributed by atoms with Crippen LogP contribution in [-0.4, -0.2) is 15.8 Å². The molecule has 0 radical (unpaired) electrons. The summed E-state index contributed by atoms with van der Waals surface area (Å²) >= 11 is 3.27. The van der Waals surface area contributed by atoms with E-state index >= 15 is 0 Å². The molecule has 0 saturated heterocycles. The topological polar surface area (TPSA) is 42.2 Å². The number of aromatic nitrogens is 1. The quantitative estimate of drug-likeness (QED) is 0.860. The normalized spacial score (nSPS) is 15.4. The highest BCUT2D eigenvalue weighted by atomic mass is 79.9. The zero-order valence-corrected chi connectivity index (χ0v) is 9.15. The van der Waals surface area contributed by atoms with Gasteiger partial charge in [0.1, 0.15) is 0 Å². The van der Waals surface area contributed by atoms with Gasteiger partial charge in [-0.2, -0.15) is 0 Å². The molecular weight excluding hydrogens is 234 g/mol. The van der Waals surface area contributed by atoms with Crippen molar-refractivity contribution >= 4 is 15.9 Å². The second kappa shape index (κ2) is 4.07. The third-order valence-electron chi connectivity index (χ3n) is 2.04. The van der Waals surface area contributed by atoms with Gasteiger partial charge in [0.25, 0.3) is 5.56 Å². The van der Waals surface area contributed by atoms with Crippen molar-refractivity contribution in [3.8, 4) is 0 Å². The summed E-state index contributed by atoms with van der Waals surface area (Å²) in [6, 6.07) is 2.96. The molecular formula is C9H12BrNO2. The molecule has 0 aliphatic heterocycles. The molecule has 0 spiro atoms. The molecule has 72 valence electrons. The Morgan fingerprint density at radius 1 is 1.46 bits per heavy atom. The molecule has 1 aromatic rings. The summed E-state index contributed by atoms with van der Waals surface area (Å²) in [7, 11) is 0. The summed E-state index contributed by atoms with van der Waals surface area (Å²) in [6.45, 7) is 3.47. The van der Waals surface area contributed by atoms with Crippen LogP contribution >= 0.6 is 15.9 Å². The van der Waals surface area contributed by atoms with Crippen LogP contribution in [0.25, 0.3) is 0 Å². The monoisotopic (exact) mass is 245 g/mol. The van der Waals surface area contributed by atoms with Crippen molar-refractivity contribution in [2.45, 2.75) is 26.0 Å². The lowest BCUT2D eigenvalue weighted by atomic mass is 10.2. The van der Waals surface area contributed by atoms with Crippen LogP contribution in [-0.2, 0) is 0 Å². The molecule has 0 fully saturated rings. The summed E-state index contributed by atoms with van der Waals surface area (Å²) in [6.07, 6.45) is 1.15. The number of nitrogens with zero attached hydrogens (tertiary/aromatic N) is 1. The van der Waals surface area contributed by atoms with Crippen LogP contribution in [0.5, 0.6) is 0 Å². The Kier molecular flexibility index (Phi) is 3.27. The Morgan fingerprint density at radius 2 is 2.08 bits per heavy atom. The van der Waals surface area contributed by atoms with Gasteiger partial charge < -0.3 is 9.67 Å². The number of hydrogen-bond donors (Lipinski definition) is 1. The summed E-state index contributed by atoms with van der Waals surface area (Å²) in [4.78, 5) is 11.3. The first kappa shape index (κ1) is 10.5. The maximum Gasteiger partial charge on any atom is 0.250 e. The molecule has 1 aromatic heterocycles. The number of hydrogen-bond acceptors (Lipinski definition) is 2. The van der Waals surface area contributed by atoms with Crippen LogP contribution in [0, 0.1) is 0 Å². The Hall–Kier alpha value is -0.610. The van der Waals surface area contributed by atoms with E-state index in [1.807, 2.05) is 0 Å². The molecule has 13 heavy (non-hydrogen) atoms. The van der Waals surface area contributed by atoms with Crippen molar-refractivity contribution < 1.29 is 5.11 Å². The van der Waals surface area contributed by atoms with E-state index in [0.717, 1.165) is 4.47 Å². The summed E-state index contributed by atoms with van der Waals surface area (Å²) in [5.41, 5.74) is -0.100. The highest BCUT2D eigenvalue weighted by Gasteiger charge is 2.11. The fourth-order valence-corrected chi connectivity index (χ4v) is 1.38. The first-order valence-corrected chi connectivity index (χ1v) is 4.87. The summed E-state index contributed by atoms with van der Waals surface area (Å²) in [5, 5.41) is 9.31. The standard InChI is InChI=1S/C9H12BrNO2/c1-6(7(2)12)11-5-8(10)3-4-9(11)13/h3-7,12H,1-2H3. The van der Waals surface area contributed by atoms with E-state index in [4.69, 9.17) is 0 Å². The van der Waals surface area contributed by atoms with Gasteiger partial charge in [0.15, 0.2) is 0 Å². The fourth-order valence-electron chi connectivity index (χ4n) is 1.03. The van der Waals surface area contributed by atoms with Crippen molar-refractivity contribution in [2.75, 3.05) is 0 Å². The average molecular weight is 246 g/mol. The molecule has 0 aliphatic rings. The Bertz CT molecular complexity index is 346. The van der Waals surface area contributed by atoms with Gasteiger partial charge in [-0.05, 0) is 35.8 Å². The summed E-state index contributed by atoms with van der Waals surface area (Å²) < 4.78 is 2.34. The van der Waals surface area contributed by atoms with Crippen LogP contribution in [0.4, 0.5) is 0 Å². The van der Waals surface area contributed by atoms with Gasteiger partial charge in [0, 0.05) is 16.7 Å². The highest BCUT2D eigenvalue weighted by molar-refractivity contribution is 9.10. The zero-order valence-electron chi connectivity index (χ0n) is 7.57. The van der Waals surface area contributed by atoms with E-state index in [0.29, 0.717) is 0 Å².